The number of nitrogens with one attached hydrogen (secondary N) is 1. The number of hydrogen-bond acceptors (Lipinski definition) is 4. The molecule has 1 N–H and O–H groups in total. The number of ether oxygens (including phenoxy) is 1. The zero-order chi connectivity index (χ0) is 22.3. The van der Waals surface area contributed by atoms with Gasteiger partial charge in [-0.25, -0.2) is 8.42 Å². The number of nitrogens with zero attached hydrogens (tertiary/aromatic N) is 1. The van der Waals surface area contributed by atoms with Crippen molar-refractivity contribution < 1.29 is 17.9 Å². The number of sulfonamides is 1. The summed E-state index contributed by atoms with van der Waals surface area (Å²) >= 11 is 0. The van der Waals surface area contributed by atoms with Crippen LogP contribution in [-0.2, 0) is 21.2 Å². The molecule has 0 bridgehead atoms. The highest BCUT2D eigenvalue weighted by atomic mass is 32.2. The number of anilines is 1. The molecule has 6 nitrogen and oxygen atoms in total. The molecule has 0 aromatic heterocycles. The second-order valence-corrected chi connectivity index (χ2v) is 9.58. The minimum atomic E-state index is -3.63. The molecule has 0 aliphatic heterocycles. The molecule has 164 valence electrons. The van der Waals surface area contributed by atoms with Gasteiger partial charge in [-0.05, 0) is 61.1 Å². The van der Waals surface area contributed by atoms with E-state index >= 15 is 0 Å². The lowest BCUT2D eigenvalue weighted by atomic mass is 10.0. The maximum absolute atomic E-state index is 12.6. The maximum atomic E-state index is 12.6. The van der Waals surface area contributed by atoms with Crippen LogP contribution in [-0.4, -0.2) is 40.3 Å². The Hall–Kier alpha value is -2.54. The van der Waals surface area contributed by atoms with Crippen LogP contribution in [0.1, 0.15) is 44.2 Å². The van der Waals surface area contributed by atoms with Crippen molar-refractivity contribution in [3.8, 4) is 5.75 Å². The van der Waals surface area contributed by atoms with Gasteiger partial charge in [0.05, 0.1) is 19.1 Å². The summed E-state index contributed by atoms with van der Waals surface area (Å²) in [5.74, 6) is 0.792. The minimum Gasteiger partial charge on any atom is -0.497 e. The topological polar surface area (TPSA) is 75.7 Å². The van der Waals surface area contributed by atoms with Crippen molar-refractivity contribution in [2.75, 3.05) is 24.2 Å². The lowest BCUT2D eigenvalue weighted by Gasteiger charge is -2.28. The number of hydrogen-bond donors (Lipinski definition) is 1. The first kappa shape index (κ1) is 23.7. The predicted octanol–water partition coefficient (Wildman–Crippen LogP) is 3.72. The van der Waals surface area contributed by atoms with E-state index in [0.717, 1.165) is 23.4 Å². The summed E-state index contributed by atoms with van der Waals surface area (Å²) in [6.45, 7) is 6.40. The third-order valence-electron chi connectivity index (χ3n) is 5.00. The van der Waals surface area contributed by atoms with Gasteiger partial charge in [0.15, 0.2) is 0 Å². The summed E-state index contributed by atoms with van der Waals surface area (Å²) in [6.07, 6.45) is 2.73. The summed E-state index contributed by atoms with van der Waals surface area (Å²) in [5.41, 5.74) is 2.95. The number of benzene rings is 2. The van der Waals surface area contributed by atoms with Crippen molar-refractivity contribution in [1.29, 1.82) is 0 Å². The van der Waals surface area contributed by atoms with E-state index in [1.54, 1.807) is 31.2 Å². The molecule has 0 saturated heterocycles. The van der Waals surface area contributed by atoms with Crippen LogP contribution < -0.4 is 14.4 Å². The van der Waals surface area contributed by atoms with Gasteiger partial charge in [0.1, 0.15) is 11.8 Å². The Balaban J connectivity index is 1.94. The Labute approximate surface area is 180 Å². The molecule has 2 rings (SSSR count). The first-order valence-corrected chi connectivity index (χ1v) is 12.0. The van der Waals surface area contributed by atoms with Crippen LogP contribution >= 0.6 is 0 Å². The van der Waals surface area contributed by atoms with Crippen LogP contribution in [0, 0.1) is 0 Å². The monoisotopic (exact) mass is 432 g/mol. The fraction of sp³-hybridized carbons (Fsp3) is 0.435. The molecule has 0 aliphatic carbocycles. The molecule has 30 heavy (non-hydrogen) atoms. The van der Waals surface area contributed by atoms with Crippen LogP contribution in [0.3, 0.4) is 0 Å². The number of methoxy groups -OCH3 is 1. The van der Waals surface area contributed by atoms with Gasteiger partial charge in [0.2, 0.25) is 15.9 Å². The van der Waals surface area contributed by atoms with E-state index in [-0.39, 0.29) is 5.91 Å². The standard InChI is InChI=1S/C23H32N2O4S/c1-17(2)20-10-8-19(9-11-20)7-6-16-24-23(26)18(3)25(30(5,27)28)21-12-14-22(29-4)15-13-21/h8-15,17-18H,6-7,16H2,1-5H3,(H,24,26)/t18-/m0/s1. The fourth-order valence-electron chi connectivity index (χ4n) is 3.26. The molecule has 2 aromatic rings. The van der Waals surface area contributed by atoms with E-state index in [1.165, 1.54) is 18.2 Å². The van der Waals surface area contributed by atoms with Crippen LogP contribution in [0.4, 0.5) is 5.69 Å². The van der Waals surface area contributed by atoms with Gasteiger partial charge >= 0.3 is 0 Å². The van der Waals surface area contributed by atoms with Gasteiger partial charge in [-0.15, -0.1) is 0 Å². The quantitative estimate of drug-likeness (QED) is 0.581. The highest BCUT2D eigenvalue weighted by Crippen LogP contribution is 2.23. The number of aryl methyl sites for hydroxylation is 1. The van der Waals surface area contributed by atoms with Gasteiger partial charge in [-0.3, -0.25) is 9.10 Å². The third-order valence-corrected chi connectivity index (χ3v) is 6.24. The van der Waals surface area contributed by atoms with Crippen LogP contribution in [0.15, 0.2) is 48.5 Å². The van der Waals surface area contributed by atoms with E-state index in [1.807, 2.05) is 0 Å². The van der Waals surface area contributed by atoms with Gasteiger partial charge < -0.3 is 10.1 Å². The average Bonchev–Trinajstić information content (AvgIpc) is 2.71. The van der Waals surface area contributed by atoms with E-state index in [4.69, 9.17) is 4.74 Å². The molecule has 2 aromatic carbocycles. The fourth-order valence-corrected chi connectivity index (χ4v) is 4.43. The first-order valence-electron chi connectivity index (χ1n) is 10.1. The van der Waals surface area contributed by atoms with Gasteiger partial charge in [0.25, 0.3) is 0 Å². The number of rotatable bonds is 10. The summed E-state index contributed by atoms with van der Waals surface area (Å²) in [7, 11) is -2.10. The average molecular weight is 433 g/mol. The Morgan fingerprint density at radius 3 is 2.13 bits per heavy atom. The van der Waals surface area contributed by atoms with Crippen molar-refractivity contribution in [1.82, 2.24) is 5.32 Å². The molecular formula is C23H32N2O4S. The van der Waals surface area contributed by atoms with E-state index in [0.29, 0.717) is 23.9 Å². The Morgan fingerprint density at radius 2 is 1.63 bits per heavy atom. The normalized spacial score (nSPS) is 12.5. The summed E-state index contributed by atoms with van der Waals surface area (Å²) < 4.78 is 30.9. The zero-order valence-corrected chi connectivity index (χ0v) is 19.2. The van der Waals surface area contributed by atoms with Crippen molar-refractivity contribution in [3.05, 3.63) is 59.7 Å². The smallest absolute Gasteiger partial charge is 0.243 e. The molecule has 7 heteroatoms. The van der Waals surface area contributed by atoms with Crippen molar-refractivity contribution >= 4 is 21.6 Å². The SMILES string of the molecule is COc1ccc(N([C@@H](C)C(=O)NCCCc2ccc(C(C)C)cc2)S(C)(=O)=O)cc1. The predicted molar refractivity (Wildman–Crippen MR) is 122 cm³/mol. The van der Waals surface area contributed by atoms with Crippen molar-refractivity contribution in [3.63, 3.8) is 0 Å². The van der Waals surface area contributed by atoms with Crippen molar-refractivity contribution in [2.45, 2.75) is 45.6 Å². The van der Waals surface area contributed by atoms with Crippen LogP contribution in [0.2, 0.25) is 0 Å². The molecular weight excluding hydrogens is 400 g/mol. The van der Waals surface area contributed by atoms with E-state index in [9.17, 15) is 13.2 Å². The second-order valence-electron chi connectivity index (χ2n) is 7.72. The lowest BCUT2D eigenvalue weighted by Crippen LogP contribution is -2.48. The molecule has 0 aliphatic rings. The Morgan fingerprint density at radius 1 is 1.03 bits per heavy atom. The number of carbonyl (C=O) groups is 1. The Bertz CT molecular complexity index is 923. The lowest BCUT2D eigenvalue weighted by molar-refractivity contribution is -0.121. The first-order chi connectivity index (χ1) is 14.1. The molecule has 1 amide bonds. The zero-order valence-electron chi connectivity index (χ0n) is 18.4. The minimum absolute atomic E-state index is 0.327. The van der Waals surface area contributed by atoms with Crippen molar-refractivity contribution in [2.24, 2.45) is 0 Å². The molecule has 1 atom stereocenters. The summed E-state index contributed by atoms with van der Waals surface area (Å²) in [4.78, 5) is 12.6. The largest absolute Gasteiger partial charge is 0.497 e. The van der Waals surface area contributed by atoms with Gasteiger partial charge in [0, 0.05) is 6.54 Å². The van der Waals surface area contributed by atoms with Crippen LogP contribution in [0.25, 0.3) is 0 Å². The number of carbonyl (C=O) groups excluding carboxylic acids is 1. The van der Waals surface area contributed by atoms with E-state index < -0.39 is 16.1 Å². The van der Waals surface area contributed by atoms with E-state index in [2.05, 4.69) is 43.4 Å². The molecule has 0 unspecified atom stereocenters. The van der Waals surface area contributed by atoms with Crippen LogP contribution in [0.5, 0.6) is 5.75 Å². The highest BCUT2D eigenvalue weighted by Gasteiger charge is 2.28. The third kappa shape index (κ3) is 6.49. The molecule has 0 saturated carbocycles. The highest BCUT2D eigenvalue weighted by molar-refractivity contribution is 7.92. The molecule has 0 spiro atoms. The second kappa shape index (κ2) is 10.5. The summed E-state index contributed by atoms with van der Waals surface area (Å²) in [5, 5.41) is 2.86. The Kier molecular flexibility index (Phi) is 8.29. The molecule has 0 fully saturated rings. The molecule has 0 heterocycles. The van der Waals surface area contributed by atoms with Gasteiger partial charge in [-0.1, -0.05) is 38.1 Å². The summed E-state index contributed by atoms with van der Waals surface area (Å²) in [6, 6.07) is 14.3. The molecule has 0 radical (unpaired) electrons. The van der Waals surface area contributed by atoms with Gasteiger partial charge in [-0.2, -0.15) is 0 Å². The number of amides is 1. The maximum Gasteiger partial charge on any atom is 0.243 e.